The Morgan fingerprint density at radius 1 is 1.03 bits per heavy atom. The number of carbonyl (C=O) groups is 3. The Bertz CT molecular complexity index is 1360. The predicted octanol–water partition coefficient (Wildman–Crippen LogP) is 4.29. The quantitative estimate of drug-likeness (QED) is 0.278. The summed E-state index contributed by atoms with van der Waals surface area (Å²) in [4.78, 5) is 38.0. The maximum absolute atomic E-state index is 13.1. The van der Waals surface area contributed by atoms with Gasteiger partial charge in [0, 0.05) is 23.6 Å². The van der Waals surface area contributed by atoms with Crippen molar-refractivity contribution in [2.45, 2.75) is 13.5 Å². The minimum absolute atomic E-state index is 0.150. The van der Waals surface area contributed by atoms with Gasteiger partial charge in [-0.2, -0.15) is 5.10 Å². The minimum atomic E-state index is -0.659. The van der Waals surface area contributed by atoms with E-state index < -0.39 is 12.6 Å². The van der Waals surface area contributed by atoms with Crippen molar-refractivity contribution in [3.8, 4) is 22.7 Å². The Morgan fingerprint density at radius 3 is 2.57 bits per heavy atom. The summed E-state index contributed by atoms with van der Waals surface area (Å²) in [6.45, 7) is 1.36. The Morgan fingerprint density at radius 2 is 1.83 bits per heavy atom. The zero-order valence-corrected chi connectivity index (χ0v) is 20.0. The molecule has 178 valence electrons. The number of ether oxygens (including phenoxy) is 2. The fourth-order valence-corrected chi connectivity index (χ4v) is 4.21. The number of Topliss-reactive ketones (excluding diaryl/α,β-unsaturated/α-hetero) is 1. The maximum atomic E-state index is 13.1. The summed E-state index contributed by atoms with van der Waals surface area (Å²) in [6.07, 6.45) is 1.59. The number of carbonyl (C=O) groups excluding carboxylic acids is 3. The van der Waals surface area contributed by atoms with Crippen molar-refractivity contribution in [2.75, 3.05) is 13.7 Å². The fraction of sp³-hybridized carbons (Fsp3) is 0.154. The molecule has 2 heterocycles. The number of thiophene rings is 1. The Balaban J connectivity index is 1.55. The highest BCUT2D eigenvalue weighted by Gasteiger charge is 2.22. The Kier molecular flexibility index (Phi) is 7.37. The van der Waals surface area contributed by atoms with Gasteiger partial charge >= 0.3 is 5.97 Å². The number of methoxy groups -OCH3 is 1. The van der Waals surface area contributed by atoms with Crippen LogP contribution in [0, 0.1) is 0 Å². The molecule has 1 amide bonds. The van der Waals surface area contributed by atoms with E-state index in [1.54, 1.807) is 42.3 Å². The van der Waals surface area contributed by atoms with E-state index in [4.69, 9.17) is 9.47 Å². The molecule has 0 radical (unpaired) electrons. The largest absolute Gasteiger partial charge is 0.497 e. The first kappa shape index (κ1) is 23.9. The van der Waals surface area contributed by atoms with Crippen LogP contribution in [0.2, 0.25) is 0 Å². The molecule has 2 aromatic carbocycles. The Labute approximate surface area is 206 Å². The molecule has 0 fully saturated rings. The minimum Gasteiger partial charge on any atom is -0.497 e. The summed E-state index contributed by atoms with van der Waals surface area (Å²) < 4.78 is 12.3. The molecular formula is C26H23N3O5S. The molecule has 35 heavy (non-hydrogen) atoms. The third-order valence-electron chi connectivity index (χ3n) is 5.08. The molecule has 2 aromatic heterocycles. The molecule has 0 aliphatic rings. The SMILES string of the molecule is COc1cccc(-c2nn(-c3ccccc3)cc2C(=O)OCC(=O)c2ccc(CNC(C)=O)s2)c1. The van der Waals surface area contributed by atoms with E-state index in [1.165, 1.54) is 18.3 Å². The van der Waals surface area contributed by atoms with Gasteiger partial charge in [-0.1, -0.05) is 30.3 Å². The van der Waals surface area contributed by atoms with Gasteiger partial charge in [0.1, 0.15) is 17.0 Å². The summed E-state index contributed by atoms with van der Waals surface area (Å²) in [7, 11) is 1.56. The first-order valence-electron chi connectivity index (χ1n) is 10.8. The van der Waals surface area contributed by atoms with Crippen LogP contribution in [-0.4, -0.2) is 41.2 Å². The van der Waals surface area contributed by atoms with Crippen LogP contribution in [-0.2, 0) is 16.1 Å². The zero-order chi connectivity index (χ0) is 24.8. The van der Waals surface area contributed by atoms with E-state index in [2.05, 4.69) is 10.4 Å². The van der Waals surface area contributed by atoms with Crippen LogP contribution in [0.4, 0.5) is 0 Å². The average molecular weight is 490 g/mol. The van der Waals surface area contributed by atoms with E-state index in [0.29, 0.717) is 28.4 Å². The number of rotatable bonds is 9. The highest BCUT2D eigenvalue weighted by Crippen LogP contribution is 2.27. The lowest BCUT2D eigenvalue weighted by molar-refractivity contribution is -0.119. The molecule has 0 saturated carbocycles. The van der Waals surface area contributed by atoms with Gasteiger partial charge in [-0.05, 0) is 36.4 Å². The third kappa shape index (κ3) is 5.82. The molecule has 0 saturated heterocycles. The summed E-state index contributed by atoms with van der Waals surface area (Å²) >= 11 is 1.25. The van der Waals surface area contributed by atoms with Crippen molar-refractivity contribution in [2.24, 2.45) is 0 Å². The molecule has 0 aliphatic heterocycles. The lowest BCUT2D eigenvalue weighted by atomic mass is 10.1. The summed E-state index contributed by atoms with van der Waals surface area (Å²) in [5.41, 5.74) is 2.10. The summed E-state index contributed by atoms with van der Waals surface area (Å²) in [5.74, 6) is -0.508. The van der Waals surface area contributed by atoms with Crippen molar-refractivity contribution in [1.29, 1.82) is 0 Å². The first-order chi connectivity index (χ1) is 16.9. The summed E-state index contributed by atoms with van der Waals surface area (Å²) in [6, 6.07) is 20.0. The van der Waals surface area contributed by atoms with Crippen LogP contribution >= 0.6 is 11.3 Å². The zero-order valence-electron chi connectivity index (χ0n) is 19.2. The Hall–Kier alpha value is -4.24. The average Bonchev–Trinajstić information content (AvgIpc) is 3.54. The van der Waals surface area contributed by atoms with Crippen LogP contribution in [0.25, 0.3) is 16.9 Å². The molecule has 0 unspecified atom stereocenters. The number of para-hydroxylation sites is 1. The molecule has 4 rings (SSSR count). The van der Waals surface area contributed by atoms with E-state index in [-0.39, 0.29) is 17.3 Å². The van der Waals surface area contributed by atoms with Crippen LogP contribution in [0.15, 0.2) is 72.9 Å². The maximum Gasteiger partial charge on any atom is 0.342 e. The van der Waals surface area contributed by atoms with Crippen LogP contribution in [0.3, 0.4) is 0 Å². The van der Waals surface area contributed by atoms with Crippen molar-refractivity contribution in [3.05, 3.63) is 88.2 Å². The normalized spacial score (nSPS) is 10.6. The van der Waals surface area contributed by atoms with Crippen LogP contribution in [0.5, 0.6) is 5.75 Å². The predicted molar refractivity (Wildman–Crippen MR) is 132 cm³/mol. The molecule has 0 atom stereocenters. The number of amides is 1. The number of hydrogen-bond acceptors (Lipinski definition) is 7. The van der Waals surface area contributed by atoms with Crippen LogP contribution < -0.4 is 10.1 Å². The standard InChI is InChI=1S/C26H23N3O5S/c1-17(30)27-14-21-11-12-24(35-21)23(31)16-34-26(32)22-15-29(19-8-4-3-5-9-19)28-25(22)18-7-6-10-20(13-18)33-2/h3-13,15H,14,16H2,1-2H3,(H,27,30). The second-order valence-corrected chi connectivity index (χ2v) is 8.75. The number of aromatic nitrogens is 2. The molecule has 0 bridgehead atoms. The lowest BCUT2D eigenvalue weighted by Gasteiger charge is -2.05. The van der Waals surface area contributed by atoms with Crippen molar-refractivity contribution in [3.63, 3.8) is 0 Å². The topological polar surface area (TPSA) is 99.5 Å². The second-order valence-electron chi connectivity index (χ2n) is 7.58. The number of esters is 1. The highest BCUT2D eigenvalue weighted by atomic mass is 32.1. The van der Waals surface area contributed by atoms with Gasteiger partial charge in [0.15, 0.2) is 6.61 Å². The lowest BCUT2D eigenvalue weighted by Crippen LogP contribution is -2.18. The molecule has 9 heteroatoms. The van der Waals surface area contributed by atoms with Crippen LogP contribution in [0.1, 0.15) is 31.8 Å². The number of nitrogens with zero attached hydrogens (tertiary/aromatic N) is 2. The summed E-state index contributed by atoms with van der Waals surface area (Å²) in [5, 5.41) is 7.30. The third-order valence-corrected chi connectivity index (χ3v) is 6.21. The molecular weight excluding hydrogens is 466 g/mol. The highest BCUT2D eigenvalue weighted by molar-refractivity contribution is 7.14. The van der Waals surface area contributed by atoms with E-state index in [0.717, 1.165) is 10.6 Å². The number of benzene rings is 2. The molecule has 4 aromatic rings. The molecule has 0 aliphatic carbocycles. The van der Waals surface area contributed by atoms with Crippen molar-refractivity contribution >= 4 is 29.0 Å². The van der Waals surface area contributed by atoms with Gasteiger partial charge < -0.3 is 14.8 Å². The smallest absolute Gasteiger partial charge is 0.342 e. The van der Waals surface area contributed by atoms with Gasteiger partial charge in [-0.15, -0.1) is 11.3 Å². The van der Waals surface area contributed by atoms with E-state index in [1.807, 2.05) is 42.5 Å². The first-order valence-corrected chi connectivity index (χ1v) is 11.6. The van der Waals surface area contributed by atoms with Gasteiger partial charge in [-0.3, -0.25) is 9.59 Å². The van der Waals surface area contributed by atoms with Crippen molar-refractivity contribution in [1.82, 2.24) is 15.1 Å². The number of hydrogen-bond donors (Lipinski definition) is 1. The second kappa shape index (κ2) is 10.8. The monoisotopic (exact) mass is 489 g/mol. The van der Waals surface area contributed by atoms with Crippen molar-refractivity contribution < 1.29 is 23.9 Å². The van der Waals surface area contributed by atoms with E-state index >= 15 is 0 Å². The number of nitrogens with one attached hydrogen (secondary N) is 1. The van der Waals surface area contributed by atoms with Gasteiger partial charge in [-0.25, -0.2) is 9.48 Å². The van der Waals surface area contributed by atoms with Gasteiger partial charge in [0.25, 0.3) is 0 Å². The fourth-order valence-electron chi connectivity index (χ4n) is 3.33. The van der Waals surface area contributed by atoms with Gasteiger partial charge in [0.05, 0.1) is 24.2 Å². The molecule has 8 nitrogen and oxygen atoms in total. The molecule has 1 N–H and O–H groups in total. The van der Waals surface area contributed by atoms with Gasteiger partial charge in [0.2, 0.25) is 11.7 Å². The number of ketones is 1. The molecule has 0 spiro atoms. The van der Waals surface area contributed by atoms with E-state index in [9.17, 15) is 14.4 Å².